The first-order valence-electron chi connectivity index (χ1n) is 14.5. The van der Waals surface area contributed by atoms with E-state index in [0.29, 0.717) is 58.5 Å². The molecule has 0 aromatic heterocycles. The van der Waals surface area contributed by atoms with E-state index in [0.717, 1.165) is 0 Å². The van der Waals surface area contributed by atoms with E-state index in [1.807, 2.05) is 62.3 Å². The summed E-state index contributed by atoms with van der Waals surface area (Å²) < 4.78 is 20.5. The number of esters is 1. The summed E-state index contributed by atoms with van der Waals surface area (Å²) in [6.07, 6.45) is 0.0254. The molecule has 13 nitrogen and oxygen atoms in total. The molecule has 3 heterocycles. The molecule has 0 aliphatic carbocycles. The minimum Gasteiger partial charge on any atom is -0.461 e. The highest BCUT2D eigenvalue weighted by molar-refractivity contribution is 5.70. The van der Waals surface area contributed by atoms with Crippen molar-refractivity contribution in [2.45, 2.75) is 124 Å². The highest BCUT2D eigenvalue weighted by Gasteiger charge is 2.32. The average molecular weight is 604 g/mol. The lowest BCUT2D eigenvalue weighted by molar-refractivity contribution is -0.145. The molecule has 0 bridgehead atoms. The predicted octanol–water partition coefficient (Wildman–Crippen LogP) is 3.54. The van der Waals surface area contributed by atoms with Crippen LogP contribution in [0.15, 0.2) is 0 Å². The molecule has 0 radical (unpaired) electrons. The van der Waals surface area contributed by atoms with Gasteiger partial charge in [-0.3, -0.25) is 4.79 Å². The summed E-state index contributed by atoms with van der Waals surface area (Å²) >= 11 is 0. The van der Waals surface area contributed by atoms with Crippen molar-refractivity contribution < 1.29 is 48.3 Å². The van der Waals surface area contributed by atoms with Gasteiger partial charge in [-0.05, 0) is 75.2 Å². The fourth-order valence-electron chi connectivity index (χ4n) is 4.02. The Morgan fingerprint density at radius 3 is 1.14 bits per heavy atom. The summed E-state index contributed by atoms with van der Waals surface area (Å²) in [5.41, 5.74) is -1.40. The molecule has 2 N–H and O–H groups in total. The summed E-state index contributed by atoms with van der Waals surface area (Å²) in [4.78, 5) is 49.8. The Balaban J connectivity index is 0.000000318. The zero-order chi connectivity index (χ0) is 32.5. The van der Waals surface area contributed by atoms with Gasteiger partial charge in [0.1, 0.15) is 22.9 Å². The van der Waals surface area contributed by atoms with Crippen molar-refractivity contribution in [1.29, 1.82) is 0 Å². The Morgan fingerprint density at radius 1 is 0.571 bits per heavy atom. The second-order valence-corrected chi connectivity index (χ2v) is 13.7. The number of hydrogen-bond donors (Lipinski definition) is 2. The number of ether oxygens (including phenoxy) is 4. The minimum absolute atomic E-state index is 0.190. The van der Waals surface area contributed by atoms with Crippen LogP contribution in [0.1, 0.15) is 88.5 Å². The van der Waals surface area contributed by atoms with Gasteiger partial charge in [0.05, 0.1) is 18.8 Å². The lowest BCUT2D eigenvalue weighted by atomic mass is 10.2. The molecule has 3 saturated heterocycles. The van der Waals surface area contributed by atoms with Crippen LogP contribution in [-0.4, -0.2) is 124 Å². The summed E-state index contributed by atoms with van der Waals surface area (Å²) in [6.45, 7) is 20.8. The third-order valence-electron chi connectivity index (χ3n) is 5.76. The number of rotatable bonds is 1. The van der Waals surface area contributed by atoms with Crippen LogP contribution in [0, 0.1) is 0 Å². The number of carbonyl (C=O) groups is 4. The zero-order valence-corrected chi connectivity index (χ0v) is 27.1. The molecule has 3 aliphatic heterocycles. The quantitative estimate of drug-likeness (QED) is 0.336. The van der Waals surface area contributed by atoms with E-state index in [9.17, 15) is 29.4 Å². The van der Waals surface area contributed by atoms with E-state index in [1.54, 1.807) is 4.90 Å². The van der Waals surface area contributed by atoms with Crippen LogP contribution in [-0.2, 0) is 23.7 Å². The van der Waals surface area contributed by atoms with Crippen molar-refractivity contribution in [3.05, 3.63) is 0 Å². The van der Waals surface area contributed by atoms with Gasteiger partial charge in [-0.25, -0.2) is 14.4 Å². The second-order valence-electron chi connectivity index (χ2n) is 13.7. The Bertz CT molecular complexity index is 863. The van der Waals surface area contributed by atoms with Gasteiger partial charge >= 0.3 is 24.2 Å². The third kappa shape index (κ3) is 16.0. The van der Waals surface area contributed by atoms with Gasteiger partial charge in [-0.15, -0.1) is 0 Å². The van der Waals surface area contributed by atoms with Crippen molar-refractivity contribution >= 4 is 24.2 Å². The van der Waals surface area contributed by atoms with Crippen molar-refractivity contribution in [2.75, 3.05) is 39.3 Å². The monoisotopic (exact) mass is 603 g/mol. The van der Waals surface area contributed by atoms with Crippen molar-refractivity contribution in [3.63, 3.8) is 0 Å². The Hall–Kier alpha value is -2.80. The van der Waals surface area contributed by atoms with Gasteiger partial charge in [-0.1, -0.05) is 0 Å². The standard InChI is InChI=1S/C11H19NO4.2C9H17NO3/c1-8(13)15-9-5-6-12(7-9)10(14)16-11(2,3)4;2*1-9(2,3)13-8(12)10-5-4-7(11)6-10/h9H,5-7H2,1-4H3;2*7,11H,4-6H2,1-3H3/t9-;2*7-/m010/s1. The highest BCUT2D eigenvalue weighted by atomic mass is 16.6. The molecular weight excluding hydrogens is 550 g/mol. The van der Waals surface area contributed by atoms with E-state index in [-0.39, 0.29) is 42.6 Å². The summed E-state index contributed by atoms with van der Waals surface area (Å²) in [5, 5.41) is 18.4. The van der Waals surface area contributed by atoms with E-state index < -0.39 is 16.8 Å². The number of amides is 3. The highest BCUT2D eigenvalue weighted by Crippen LogP contribution is 2.18. The van der Waals surface area contributed by atoms with Crippen molar-refractivity contribution in [1.82, 2.24) is 14.7 Å². The van der Waals surface area contributed by atoms with Crippen LogP contribution in [0.3, 0.4) is 0 Å². The molecule has 244 valence electrons. The fourth-order valence-corrected chi connectivity index (χ4v) is 4.02. The van der Waals surface area contributed by atoms with E-state index >= 15 is 0 Å². The normalized spacial score (nSPS) is 22.4. The van der Waals surface area contributed by atoms with Crippen LogP contribution in [0.25, 0.3) is 0 Å². The molecule has 3 rings (SSSR count). The first-order chi connectivity index (χ1) is 19.0. The predicted molar refractivity (Wildman–Crippen MR) is 155 cm³/mol. The maximum Gasteiger partial charge on any atom is 0.410 e. The molecule has 0 unspecified atom stereocenters. The lowest BCUT2D eigenvalue weighted by Gasteiger charge is -2.24. The topological polar surface area (TPSA) is 155 Å². The Kier molecular flexibility index (Phi) is 13.8. The summed E-state index contributed by atoms with van der Waals surface area (Å²) in [6, 6.07) is 0. The molecule has 42 heavy (non-hydrogen) atoms. The molecule has 0 aromatic carbocycles. The maximum absolute atomic E-state index is 11.7. The lowest BCUT2D eigenvalue weighted by Crippen LogP contribution is -2.36. The summed E-state index contributed by atoms with van der Waals surface area (Å²) in [5.74, 6) is -0.309. The number of nitrogens with zero attached hydrogens (tertiary/aromatic N) is 3. The number of aliphatic hydroxyl groups is 2. The largest absolute Gasteiger partial charge is 0.461 e. The molecule has 0 saturated carbocycles. The first kappa shape index (κ1) is 37.2. The molecule has 13 heteroatoms. The van der Waals surface area contributed by atoms with Crippen LogP contribution in [0.4, 0.5) is 14.4 Å². The van der Waals surface area contributed by atoms with Gasteiger partial charge in [-0.2, -0.15) is 0 Å². The third-order valence-corrected chi connectivity index (χ3v) is 5.76. The number of hydrogen-bond acceptors (Lipinski definition) is 10. The molecule has 3 atom stereocenters. The molecule has 3 amide bonds. The minimum atomic E-state index is -0.489. The average Bonchev–Trinajstić information content (AvgIpc) is 3.52. The van der Waals surface area contributed by atoms with Crippen molar-refractivity contribution in [2.24, 2.45) is 0 Å². The van der Waals surface area contributed by atoms with Gasteiger partial charge in [0.15, 0.2) is 0 Å². The van der Waals surface area contributed by atoms with Gasteiger partial charge in [0, 0.05) is 46.1 Å². The van der Waals surface area contributed by atoms with Crippen LogP contribution >= 0.6 is 0 Å². The zero-order valence-electron chi connectivity index (χ0n) is 27.1. The fraction of sp³-hybridized carbons (Fsp3) is 0.862. The Labute approximate surface area is 250 Å². The van der Waals surface area contributed by atoms with Crippen LogP contribution in [0.2, 0.25) is 0 Å². The summed E-state index contributed by atoms with van der Waals surface area (Å²) in [7, 11) is 0. The molecular formula is C29H53N3O10. The molecule has 0 aromatic rings. The molecule has 3 fully saturated rings. The van der Waals surface area contributed by atoms with Gasteiger partial charge in [0.25, 0.3) is 0 Å². The van der Waals surface area contributed by atoms with Gasteiger partial charge in [0.2, 0.25) is 0 Å². The van der Waals surface area contributed by atoms with Gasteiger partial charge < -0.3 is 43.9 Å². The number of carbonyl (C=O) groups excluding carboxylic acids is 4. The van der Waals surface area contributed by atoms with E-state index in [4.69, 9.17) is 18.9 Å². The smallest absolute Gasteiger partial charge is 0.410 e. The molecule has 0 spiro atoms. The molecule has 3 aliphatic rings. The number of β-amino-alcohol motifs (C(OH)–C–C–N with tert-alkyl or cyclic N) is 2. The first-order valence-corrected chi connectivity index (χ1v) is 14.5. The second kappa shape index (κ2) is 15.6. The van der Waals surface area contributed by atoms with E-state index in [1.165, 1.54) is 16.7 Å². The Morgan fingerprint density at radius 2 is 0.881 bits per heavy atom. The number of aliphatic hydroxyl groups excluding tert-OH is 2. The van der Waals surface area contributed by atoms with Crippen LogP contribution < -0.4 is 0 Å². The van der Waals surface area contributed by atoms with Crippen LogP contribution in [0.5, 0.6) is 0 Å². The van der Waals surface area contributed by atoms with Crippen molar-refractivity contribution in [3.8, 4) is 0 Å². The number of likely N-dealkylation sites (tertiary alicyclic amines) is 3. The van der Waals surface area contributed by atoms with E-state index in [2.05, 4.69) is 0 Å². The maximum atomic E-state index is 11.7. The SMILES string of the molecule is CC(=O)O[C@H]1CCN(C(=O)OC(C)(C)C)C1.CC(C)(C)OC(=O)N1CC[C@@H](O)C1.CC(C)(C)OC(=O)N1CC[C@H](O)C1.